The van der Waals surface area contributed by atoms with Crippen LogP contribution >= 0.6 is 0 Å². The van der Waals surface area contributed by atoms with E-state index in [0.29, 0.717) is 11.4 Å². The first-order chi connectivity index (χ1) is 8.04. The molecule has 0 aliphatic carbocycles. The standard InChI is InChI=1S/C11H16N2O4/c1-11(6-14,7-15)13-10(16)8-3-4-9(17-2)12-5-8/h3-5,14-15H,6-7H2,1-2H3,(H,13,16). The van der Waals surface area contributed by atoms with Crippen LogP contribution in [-0.2, 0) is 0 Å². The van der Waals surface area contributed by atoms with Crippen molar-refractivity contribution in [1.29, 1.82) is 0 Å². The molecule has 1 rings (SSSR count). The minimum absolute atomic E-state index is 0.332. The molecule has 0 saturated carbocycles. The Morgan fingerprint density at radius 3 is 2.53 bits per heavy atom. The minimum Gasteiger partial charge on any atom is -0.481 e. The molecular formula is C11H16N2O4. The Hall–Kier alpha value is -1.66. The van der Waals surface area contributed by atoms with Gasteiger partial charge < -0.3 is 20.3 Å². The molecule has 0 aliphatic rings. The molecule has 1 heterocycles. The summed E-state index contributed by atoms with van der Waals surface area (Å²) in [7, 11) is 1.48. The number of hydrogen-bond acceptors (Lipinski definition) is 5. The van der Waals surface area contributed by atoms with Crippen molar-refractivity contribution in [2.45, 2.75) is 12.5 Å². The largest absolute Gasteiger partial charge is 0.481 e. The van der Waals surface area contributed by atoms with Gasteiger partial charge in [-0.2, -0.15) is 0 Å². The number of ether oxygens (including phenoxy) is 1. The average Bonchev–Trinajstić information content (AvgIpc) is 2.38. The van der Waals surface area contributed by atoms with E-state index in [1.807, 2.05) is 0 Å². The van der Waals surface area contributed by atoms with Gasteiger partial charge in [-0.25, -0.2) is 4.98 Å². The number of nitrogens with one attached hydrogen (secondary N) is 1. The van der Waals surface area contributed by atoms with E-state index in [0.717, 1.165) is 0 Å². The maximum absolute atomic E-state index is 11.8. The number of aliphatic hydroxyl groups excluding tert-OH is 2. The van der Waals surface area contributed by atoms with Crippen LogP contribution in [0.2, 0.25) is 0 Å². The molecule has 0 aliphatic heterocycles. The Kier molecular flexibility index (Phi) is 4.42. The maximum Gasteiger partial charge on any atom is 0.253 e. The SMILES string of the molecule is COc1ccc(C(=O)NC(C)(CO)CO)cn1. The molecule has 94 valence electrons. The summed E-state index contributed by atoms with van der Waals surface area (Å²) in [6.45, 7) is 0.847. The van der Waals surface area contributed by atoms with E-state index in [1.165, 1.54) is 13.3 Å². The molecular weight excluding hydrogens is 224 g/mol. The number of carbonyl (C=O) groups excluding carboxylic acids is 1. The van der Waals surface area contributed by atoms with E-state index < -0.39 is 11.4 Å². The van der Waals surface area contributed by atoms with Crippen LogP contribution in [0.4, 0.5) is 0 Å². The Labute approximate surface area is 99.3 Å². The molecule has 3 N–H and O–H groups in total. The fourth-order valence-corrected chi connectivity index (χ4v) is 1.11. The molecule has 0 radical (unpaired) electrons. The van der Waals surface area contributed by atoms with Gasteiger partial charge in [-0.05, 0) is 13.0 Å². The summed E-state index contributed by atoms with van der Waals surface area (Å²) in [6.07, 6.45) is 1.36. The summed E-state index contributed by atoms with van der Waals surface area (Å²) in [6, 6.07) is 3.11. The van der Waals surface area contributed by atoms with E-state index in [-0.39, 0.29) is 13.2 Å². The molecule has 0 aromatic carbocycles. The van der Waals surface area contributed by atoms with Crippen LogP contribution < -0.4 is 10.1 Å². The predicted molar refractivity (Wildman–Crippen MR) is 60.8 cm³/mol. The Bertz CT molecular complexity index is 374. The van der Waals surface area contributed by atoms with Crippen molar-refractivity contribution in [2.24, 2.45) is 0 Å². The van der Waals surface area contributed by atoms with Gasteiger partial charge in [0.2, 0.25) is 5.88 Å². The second-order valence-corrected chi connectivity index (χ2v) is 3.92. The first-order valence-electron chi connectivity index (χ1n) is 5.09. The van der Waals surface area contributed by atoms with Gasteiger partial charge in [0, 0.05) is 12.3 Å². The lowest BCUT2D eigenvalue weighted by Crippen LogP contribution is -2.51. The highest BCUT2D eigenvalue weighted by atomic mass is 16.5. The van der Waals surface area contributed by atoms with Gasteiger partial charge in [0.1, 0.15) is 0 Å². The highest BCUT2D eigenvalue weighted by Crippen LogP contribution is 2.08. The Balaban J connectivity index is 2.75. The predicted octanol–water partition coefficient (Wildman–Crippen LogP) is -0.437. The molecule has 1 aromatic heterocycles. The average molecular weight is 240 g/mol. The number of amides is 1. The Morgan fingerprint density at radius 2 is 2.12 bits per heavy atom. The van der Waals surface area contributed by atoms with Gasteiger partial charge in [-0.15, -0.1) is 0 Å². The van der Waals surface area contributed by atoms with Crippen LogP contribution in [0.15, 0.2) is 18.3 Å². The molecule has 1 amide bonds. The number of nitrogens with zero attached hydrogens (tertiary/aromatic N) is 1. The molecule has 0 saturated heterocycles. The summed E-state index contributed by atoms with van der Waals surface area (Å²) >= 11 is 0. The summed E-state index contributed by atoms with van der Waals surface area (Å²) in [5, 5.41) is 20.6. The number of pyridine rings is 1. The smallest absolute Gasteiger partial charge is 0.253 e. The molecule has 0 bridgehead atoms. The molecule has 1 aromatic rings. The van der Waals surface area contributed by atoms with Gasteiger partial charge in [0.25, 0.3) is 5.91 Å². The maximum atomic E-state index is 11.8. The van der Waals surface area contributed by atoms with Crippen molar-refractivity contribution >= 4 is 5.91 Å². The van der Waals surface area contributed by atoms with E-state index in [2.05, 4.69) is 10.3 Å². The van der Waals surface area contributed by atoms with E-state index in [4.69, 9.17) is 14.9 Å². The number of carbonyl (C=O) groups is 1. The van der Waals surface area contributed by atoms with Crippen molar-refractivity contribution in [1.82, 2.24) is 10.3 Å². The van der Waals surface area contributed by atoms with Crippen LogP contribution in [0.25, 0.3) is 0 Å². The molecule has 0 atom stereocenters. The molecule has 6 nitrogen and oxygen atoms in total. The van der Waals surface area contributed by atoms with E-state index >= 15 is 0 Å². The monoisotopic (exact) mass is 240 g/mol. The highest BCUT2D eigenvalue weighted by molar-refractivity contribution is 5.94. The number of rotatable bonds is 5. The zero-order chi connectivity index (χ0) is 12.9. The summed E-state index contributed by atoms with van der Waals surface area (Å²) in [5.74, 6) is -0.000573. The zero-order valence-corrected chi connectivity index (χ0v) is 9.80. The zero-order valence-electron chi connectivity index (χ0n) is 9.80. The lowest BCUT2D eigenvalue weighted by molar-refractivity contribution is 0.0723. The Morgan fingerprint density at radius 1 is 1.47 bits per heavy atom. The third-order valence-corrected chi connectivity index (χ3v) is 2.32. The summed E-state index contributed by atoms with van der Waals surface area (Å²) in [5.41, 5.74) is -0.712. The molecule has 0 spiro atoms. The van der Waals surface area contributed by atoms with E-state index in [9.17, 15) is 4.79 Å². The van der Waals surface area contributed by atoms with Crippen LogP contribution in [0.1, 0.15) is 17.3 Å². The van der Waals surface area contributed by atoms with Crippen molar-refractivity contribution in [2.75, 3.05) is 20.3 Å². The second kappa shape index (κ2) is 5.60. The second-order valence-electron chi connectivity index (χ2n) is 3.92. The summed E-state index contributed by atoms with van der Waals surface area (Å²) < 4.78 is 4.87. The third-order valence-electron chi connectivity index (χ3n) is 2.32. The fraction of sp³-hybridized carbons (Fsp3) is 0.455. The molecule has 0 fully saturated rings. The van der Waals surface area contributed by atoms with E-state index in [1.54, 1.807) is 19.1 Å². The van der Waals surface area contributed by atoms with Crippen LogP contribution in [0.5, 0.6) is 5.88 Å². The van der Waals surface area contributed by atoms with Crippen LogP contribution in [-0.4, -0.2) is 47.0 Å². The van der Waals surface area contributed by atoms with Gasteiger partial charge in [-0.3, -0.25) is 4.79 Å². The van der Waals surface area contributed by atoms with Crippen molar-refractivity contribution in [3.05, 3.63) is 23.9 Å². The van der Waals surface area contributed by atoms with Gasteiger partial charge in [0.15, 0.2) is 0 Å². The van der Waals surface area contributed by atoms with Crippen molar-refractivity contribution in [3.63, 3.8) is 0 Å². The normalized spacial score (nSPS) is 11.1. The van der Waals surface area contributed by atoms with Gasteiger partial charge in [-0.1, -0.05) is 0 Å². The van der Waals surface area contributed by atoms with Gasteiger partial charge in [0.05, 0.1) is 31.4 Å². The van der Waals surface area contributed by atoms with Crippen molar-refractivity contribution in [3.8, 4) is 5.88 Å². The topological polar surface area (TPSA) is 91.7 Å². The number of aromatic nitrogens is 1. The lowest BCUT2D eigenvalue weighted by atomic mass is 10.0. The lowest BCUT2D eigenvalue weighted by Gasteiger charge is -2.26. The number of aliphatic hydroxyl groups is 2. The molecule has 0 unspecified atom stereocenters. The first kappa shape index (κ1) is 13.4. The highest BCUT2D eigenvalue weighted by Gasteiger charge is 2.25. The number of methoxy groups -OCH3 is 1. The van der Waals surface area contributed by atoms with Crippen LogP contribution in [0.3, 0.4) is 0 Å². The minimum atomic E-state index is -1.04. The first-order valence-corrected chi connectivity index (χ1v) is 5.09. The third kappa shape index (κ3) is 3.40. The van der Waals surface area contributed by atoms with Crippen molar-refractivity contribution < 1.29 is 19.7 Å². The fourth-order valence-electron chi connectivity index (χ4n) is 1.11. The number of hydrogen-bond donors (Lipinski definition) is 3. The molecule has 6 heteroatoms. The van der Waals surface area contributed by atoms with Crippen LogP contribution in [0, 0.1) is 0 Å². The quantitative estimate of drug-likeness (QED) is 0.649. The molecule has 17 heavy (non-hydrogen) atoms. The summed E-state index contributed by atoms with van der Waals surface area (Å²) in [4.78, 5) is 15.7. The van der Waals surface area contributed by atoms with Gasteiger partial charge >= 0.3 is 0 Å².